The number of rotatable bonds is 31. The van der Waals surface area contributed by atoms with Gasteiger partial charge in [0.05, 0.1) is 58.9 Å². The Hall–Kier alpha value is -2.41. The molecule has 12 nitrogen and oxygen atoms in total. The summed E-state index contributed by atoms with van der Waals surface area (Å²) in [6.45, 7) is 13.6. The molecule has 0 fully saturated rings. The first-order valence-electron chi connectivity index (χ1n) is 16.8. The molecule has 3 amide bonds. The third-order valence-corrected chi connectivity index (χ3v) is 7.05. The van der Waals surface area contributed by atoms with Crippen molar-refractivity contribution in [2.24, 2.45) is 11.8 Å². The summed E-state index contributed by atoms with van der Waals surface area (Å²) in [5.41, 5.74) is 0. The molecule has 0 unspecified atom stereocenters. The predicted molar refractivity (Wildman–Crippen MR) is 173 cm³/mol. The van der Waals surface area contributed by atoms with Gasteiger partial charge in [0.15, 0.2) is 5.78 Å². The number of amides is 3. The molecule has 0 aromatic carbocycles. The van der Waals surface area contributed by atoms with Gasteiger partial charge in [-0.1, -0.05) is 40.5 Å². The first kappa shape index (κ1) is 42.6. The number of Topliss-reactive ketones (excluding diaryl/α,β-unsaturated/α-hetero) is 2. The summed E-state index contributed by atoms with van der Waals surface area (Å²) in [4.78, 5) is 60.8. The summed E-state index contributed by atoms with van der Waals surface area (Å²) >= 11 is 0. The third-order valence-electron chi connectivity index (χ3n) is 7.05. The van der Waals surface area contributed by atoms with Gasteiger partial charge < -0.3 is 34.9 Å². The van der Waals surface area contributed by atoms with Crippen LogP contribution in [-0.4, -0.2) is 101 Å². The van der Waals surface area contributed by atoms with Gasteiger partial charge in [0, 0.05) is 44.7 Å². The number of hydrogen-bond acceptors (Lipinski definition) is 9. The standard InChI is InChI=1S/C33H61N3O9/c1-6-8-12-32(41)36-33(26(3)4)29(38)25-28(27(5)37)11-9-10-16-35-31(40)14-18-43-20-22-45-24-23-44-21-19-42-17-13-30(39)34-15-7-2/h26,28,33H,6-25H2,1-5H3,(H,34,39)(H,35,40)(H,36,41)/t28-,33+/m1/s1. The number of unbranched alkanes of at least 4 members (excludes halogenated alkanes) is 2. The first-order chi connectivity index (χ1) is 21.6. The van der Waals surface area contributed by atoms with Gasteiger partial charge in [0.25, 0.3) is 0 Å². The van der Waals surface area contributed by atoms with Crippen LogP contribution in [0.3, 0.4) is 0 Å². The topological polar surface area (TPSA) is 158 Å². The highest BCUT2D eigenvalue weighted by Gasteiger charge is 2.27. The molecule has 0 radical (unpaired) electrons. The predicted octanol–water partition coefficient (Wildman–Crippen LogP) is 3.14. The fourth-order valence-electron chi connectivity index (χ4n) is 4.30. The first-order valence-corrected chi connectivity index (χ1v) is 16.8. The van der Waals surface area contributed by atoms with Gasteiger partial charge in [0.2, 0.25) is 17.7 Å². The van der Waals surface area contributed by atoms with Gasteiger partial charge in [-0.2, -0.15) is 0 Å². The van der Waals surface area contributed by atoms with Crippen LogP contribution in [0.4, 0.5) is 0 Å². The van der Waals surface area contributed by atoms with Gasteiger partial charge >= 0.3 is 0 Å². The van der Waals surface area contributed by atoms with E-state index in [-0.39, 0.29) is 54.0 Å². The second kappa shape index (κ2) is 29.0. The summed E-state index contributed by atoms with van der Waals surface area (Å²) in [6.07, 6.45) is 5.66. The molecule has 0 aromatic heterocycles. The molecule has 0 bridgehead atoms. The van der Waals surface area contributed by atoms with Gasteiger partial charge in [-0.15, -0.1) is 0 Å². The number of ketones is 2. The molecule has 0 saturated heterocycles. The zero-order valence-corrected chi connectivity index (χ0v) is 28.5. The Morgan fingerprint density at radius 2 is 1.11 bits per heavy atom. The minimum absolute atomic E-state index is 0.00492. The van der Waals surface area contributed by atoms with Crippen molar-refractivity contribution in [3.05, 3.63) is 0 Å². The molecule has 3 N–H and O–H groups in total. The minimum Gasteiger partial charge on any atom is -0.379 e. The second-order valence-corrected chi connectivity index (χ2v) is 11.5. The molecule has 2 atom stereocenters. The van der Waals surface area contributed by atoms with E-state index in [9.17, 15) is 24.0 Å². The van der Waals surface area contributed by atoms with Crippen molar-refractivity contribution in [1.29, 1.82) is 0 Å². The molecule has 12 heteroatoms. The average Bonchev–Trinajstić information content (AvgIpc) is 3.00. The lowest BCUT2D eigenvalue weighted by Crippen LogP contribution is -2.45. The second-order valence-electron chi connectivity index (χ2n) is 11.5. The maximum atomic E-state index is 12.9. The minimum atomic E-state index is -0.586. The van der Waals surface area contributed by atoms with Gasteiger partial charge in [-0.05, 0) is 38.5 Å². The zero-order chi connectivity index (χ0) is 33.7. The van der Waals surface area contributed by atoms with Crippen molar-refractivity contribution in [3.63, 3.8) is 0 Å². The van der Waals surface area contributed by atoms with Crippen molar-refractivity contribution in [1.82, 2.24) is 16.0 Å². The Balaban J connectivity index is 3.84. The van der Waals surface area contributed by atoms with E-state index in [1.165, 1.54) is 6.92 Å². The fourth-order valence-corrected chi connectivity index (χ4v) is 4.30. The van der Waals surface area contributed by atoms with Crippen LogP contribution in [0.5, 0.6) is 0 Å². The zero-order valence-electron chi connectivity index (χ0n) is 28.5. The van der Waals surface area contributed by atoms with Gasteiger partial charge in [-0.25, -0.2) is 0 Å². The number of hydrogen-bond donors (Lipinski definition) is 3. The lowest BCUT2D eigenvalue weighted by Gasteiger charge is -2.23. The molecular formula is C33H61N3O9. The number of nitrogens with one attached hydrogen (secondary N) is 3. The molecule has 0 aromatic rings. The van der Waals surface area contributed by atoms with Crippen LogP contribution in [0.15, 0.2) is 0 Å². The molecular weight excluding hydrogens is 582 g/mol. The van der Waals surface area contributed by atoms with Crippen molar-refractivity contribution in [2.75, 3.05) is 65.9 Å². The largest absolute Gasteiger partial charge is 0.379 e. The lowest BCUT2D eigenvalue weighted by molar-refractivity contribution is -0.131. The maximum absolute atomic E-state index is 12.9. The van der Waals surface area contributed by atoms with Crippen LogP contribution in [0.2, 0.25) is 0 Å². The third kappa shape index (κ3) is 25.5. The fraction of sp³-hybridized carbons (Fsp3) is 0.848. The van der Waals surface area contributed by atoms with E-state index in [4.69, 9.17) is 18.9 Å². The van der Waals surface area contributed by atoms with E-state index >= 15 is 0 Å². The van der Waals surface area contributed by atoms with Crippen LogP contribution >= 0.6 is 0 Å². The van der Waals surface area contributed by atoms with Crippen LogP contribution in [-0.2, 0) is 42.9 Å². The average molecular weight is 644 g/mol. The summed E-state index contributed by atoms with van der Waals surface area (Å²) in [5.74, 6) is -0.821. The molecule has 0 saturated carbocycles. The normalized spacial score (nSPS) is 12.5. The Morgan fingerprint density at radius 3 is 1.58 bits per heavy atom. The number of ether oxygens (including phenoxy) is 4. The van der Waals surface area contributed by atoms with Crippen LogP contribution in [0.1, 0.15) is 98.8 Å². The monoisotopic (exact) mass is 643 g/mol. The van der Waals surface area contributed by atoms with Crippen LogP contribution in [0.25, 0.3) is 0 Å². The Bertz CT molecular complexity index is 823. The van der Waals surface area contributed by atoms with Gasteiger partial charge in [0.1, 0.15) is 5.78 Å². The van der Waals surface area contributed by atoms with Crippen molar-refractivity contribution in [3.8, 4) is 0 Å². The molecule has 0 aliphatic heterocycles. The van der Waals surface area contributed by atoms with Crippen LogP contribution in [0, 0.1) is 11.8 Å². The van der Waals surface area contributed by atoms with E-state index in [2.05, 4.69) is 16.0 Å². The molecule has 0 spiro atoms. The van der Waals surface area contributed by atoms with Gasteiger partial charge in [-0.3, -0.25) is 24.0 Å². The molecule has 45 heavy (non-hydrogen) atoms. The summed E-state index contributed by atoms with van der Waals surface area (Å²) in [6, 6.07) is -0.586. The molecule has 0 rings (SSSR count). The summed E-state index contributed by atoms with van der Waals surface area (Å²) in [5, 5.41) is 8.51. The van der Waals surface area contributed by atoms with Crippen molar-refractivity contribution >= 4 is 29.3 Å². The van der Waals surface area contributed by atoms with E-state index in [0.717, 1.165) is 19.3 Å². The van der Waals surface area contributed by atoms with E-state index in [0.29, 0.717) is 98.0 Å². The van der Waals surface area contributed by atoms with E-state index < -0.39 is 6.04 Å². The quantitative estimate of drug-likeness (QED) is 0.0965. The van der Waals surface area contributed by atoms with E-state index in [1.54, 1.807) is 0 Å². The Labute approximate surface area is 270 Å². The Kier molecular flexibility index (Phi) is 27.5. The highest BCUT2D eigenvalue weighted by molar-refractivity contribution is 5.92. The van der Waals surface area contributed by atoms with Crippen LogP contribution < -0.4 is 16.0 Å². The highest BCUT2D eigenvalue weighted by Crippen LogP contribution is 2.18. The van der Waals surface area contributed by atoms with Crippen molar-refractivity contribution in [2.45, 2.75) is 105 Å². The SMILES string of the molecule is CCCCC(=O)N[C@H](C(=O)C[C@@H](CCCCNC(=O)CCOCCOCCOCCOCCC(=O)NCCC)C(C)=O)C(C)C. The molecule has 0 heterocycles. The maximum Gasteiger partial charge on any atom is 0.222 e. The molecule has 0 aliphatic carbocycles. The number of carbonyl (C=O) groups is 5. The summed E-state index contributed by atoms with van der Waals surface area (Å²) in [7, 11) is 0. The number of carbonyl (C=O) groups excluding carboxylic acids is 5. The highest BCUT2D eigenvalue weighted by atomic mass is 16.6. The molecule has 262 valence electrons. The summed E-state index contributed by atoms with van der Waals surface area (Å²) < 4.78 is 21.7. The lowest BCUT2D eigenvalue weighted by atomic mass is 9.87. The smallest absolute Gasteiger partial charge is 0.222 e. The van der Waals surface area contributed by atoms with Crippen molar-refractivity contribution < 1.29 is 42.9 Å². The Morgan fingerprint density at radius 1 is 0.600 bits per heavy atom. The van der Waals surface area contributed by atoms with E-state index in [1.807, 2.05) is 27.7 Å². The molecule has 0 aliphatic rings.